The first kappa shape index (κ1) is 12.9. The fourth-order valence-electron chi connectivity index (χ4n) is 2.15. The summed E-state index contributed by atoms with van der Waals surface area (Å²) < 4.78 is 2.32. The van der Waals surface area contributed by atoms with Gasteiger partial charge in [0.1, 0.15) is 5.82 Å². The quantitative estimate of drug-likeness (QED) is 0.625. The zero-order valence-corrected chi connectivity index (χ0v) is 11.2. The number of fused-ring (bicyclic) bond motifs is 1. The van der Waals surface area contributed by atoms with Crippen LogP contribution in [0.4, 0.5) is 0 Å². The van der Waals surface area contributed by atoms with E-state index in [0.29, 0.717) is 0 Å². The predicted molar refractivity (Wildman–Crippen MR) is 71.2 cm³/mol. The molecule has 0 atom stereocenters. The normalized spacial score (nSPS) is 15.6. The molecule has 1 aliphatic rings. The molecule has 0 bridgehead atoms. The lowest BCUT2D eigenvalue weighted by molar-refractivity contribution is 0.590. The molecule has 4 nitrogen and oxygen atoms in total. The number of hydrogen-bond acceptors (Lipinski definition) is 4. The summed E-state index contributed by atoms with van der Waals surface area (Å²) in [6.45, 7) is 1.92. The standard InChI is InChI=1S/C12H22N4S/c13-8-4-2-6-10-17-12-15-14-11-7-3-1-5-9-16(11)12/h1-10,13H2. The Morgan fingerprint density at radius 3 is 2.94 bits per heavy atom. The Hall–Kier alpha value is -0.550. The molecule has 1 aromatic rings. The number of hydrogen-bond donors (Lipinski definition) is 1. The van der Waals surface area contributed by atoms with E-state index in [-0.39, 0.29) is 0 Å². The van der Waals surface area contributed by atoms with Crippen LogP contribution in [-0.2, 0) is 13.0 Å². The highest BCUT2D eigenvalue weighted by Crippen LogP contribution is 2.22. The Morgan fingerprint density at radius 2 is 2.06 bits per heavy atom. The van der Waals surface area contributed by atoms with E-state index in [1.807, 2.05) is 11.8 Å². The Balaban J connectivity index is 1.82. The molecule has 1 aliphatic heterocycles. The summed E-state index contributed by atoms with van der Waals surface area (Å²) in [5.74, 6) is 2.32. The number of nitrogens with zero attached hydrogens (tertiary/aromatic N) is 3. The average molecular weight is 254 g/mol. The zero-order valence-electron chi connectivity index (χ0n) is 10.4. The number of nitrogens with two attached hydrogens (primary N) is 1. The van der Waals surface area contributed by atoms with Crippen molar-refractivity contribution in [2.24, 2.45) is 5.73 Å². The van der Waals surface area contributed by atoms with Crippen LogP contribution in [0.2, 0.25) is 0 Å². The van der Waals surface area contributed by atoms with Gasteiger partial charge < -0.3 is 10.3 Å². The second kappa shape index (κ2) is 7.01. The molecule has 2 heterocycles. The lowest BCUT2D eigenvalue weighted by Crippen LogP contribution is -2.02. The third-order valence-corrected chi connectivity index (χ3v) is 4.21. The Morgan fingerprint density at radius 1 is 1.12 bits per heavy atom. The van der Waals surface area contributed by atoms with Crippen molar-refractivity contribution in [3.63, 3.8) is 0 Å². The van der Waals surface area contributed by atoms with Crippen molar-refractivity contribution in [1.82, 2.24) is 14.8 Å². The van der Waals surface area contributed by atoms with Gasteiger partial charge in [-0.05, 0) is 32.2 Å². The van der Waals surface area contributed by atoms with Gasteiger partial charge in [-0.2, -0.15) is 0 Å². The molecular formula is C12H22N4S. The van der Waals surface area contributed by atoms with E-state index < -0.39 is 0 Å². The summed E-state index contributed by atoms with van der Waals surface area (Å²) >= 11 is 1.85. The molecule has 5 heteroatoms. The molecule has 2 N–H and O–H groups in total. The van der Waals surface area contributed by atoms with Gasteiger partial charge in [0.05, 0.1) is 0 Å². The molecule has 17 heavy (non-hydrogen) atoms. The van der Waals surface area contributed by atoms with Crippen LogP contribution in [0, 0.1) is 0 Å². The van der Waals surface area contributed by atoms with Crippen LogP contribution < -0.4 is 5.73 Å². The van der Waals surface area contributed by atoms with Crippen molar-refractivity contribution in [3.8, 4) is 0 Å². The first-order chi connectivity index (χ1) is 8.42. The largest absolute Gasteiger partial charge is 0.330 e. The minimum atomic E-state index is 0.811. The summed E-state index contributed by atoms with van der Waals surface area (Å²) in [6, 6.07) is 0. The van der Waals surface area contributed by atoms with Crippen LogP contribution in [0.15, 0.2) is 5.16 Å². The molecule has 0 aromatic carbocycles. The molecule has 0 fully saturated rings. The highest BCUT2D eigenvalue weighted by Gasteiger charge is 2.14. The zero-order chi connectivity index (χ0) is 11.9. The van der Waals surface area contributed by atoms with E-state index in [9.17, 15) is 0 Å². The van der Waals surface area contributed by atoms with Gasteiger partial charge in [-0.15, -0.1) is 10.2 Å². The highest BCUT2D eigenvalue weighted by atomic mass is 32.2. The second-order valence-electron chi connectivity index (χ2n) is 4.56. The van der Waals surface area contributed by atoms with Gasteiger partial charge in [-0.3, -0.25) is 0 Å². The molecule has 0 spiro atoms. The van der Waals surface area contributed by atoms with Crippen LogP contribution in [0.1, 0.15) is 44.3 Å². The molecule has 0 aliphatic carbocycles. The first-order valence-corrected chi connectivity index (χ1v) is 7.65. The summed E-state index contributed by atoms with van der Waals surface area (Å²) in [6.07, 6.45) is 8.54. The minimum absolute atomic E-state index is 0.811. The number of aromatic nitrogens is 3. The minimum Gasteiger partial charge on any atom is -0.330 e. The van der Waals surface area contributed by atoms with Gasteiger partial charge in [0.15, 0.2) is 5.16 Å². The van der Waals surface area contributed by atoms with Gasteiger partial charge in [0, 0.05) is 18.7 Å². The monoisotopic (exact) mass is 254 g/mol. The van der Waals surface area contributed by atoms with Gasteiger partial charge in [0.2, 0.25) is 0 Å². The molecule has 96 valence electrons. The maximum atomic E-state index is 5.48. The number of unbranched alkanes of at least 4 members (excludes halogenated alkanes) is 2. The maximum absolute atomic E-state index is 5.48. The summed E-state index contributed by atoms with van der Waals surface area (Å²) in [5, 5.41) is 9.73. The van der Waals surface area contributed by atoms with E-state index in [1.165, 1.54) is 37.9 Å². The van der Waals surface area contributed by atoms with Crippen LogP contribution in [0.3, 0.4) is 0 Å². The molecule has 2 rings (SSSR count). The molecule has 0 saturated heterocycles. The molecular weight excluding hydrogens is 232 g/mol. The van der Waals surface area contributed by atoms with E-state index in [4.69, 9.17) is 5.73 Å². The number of rotatable bonds is 6. The molecule has 0 unspecified atom stereocenters. The van der Waals surface area contributed by atoms with Crippen molar-refractivity contribution in [2.75, 3.05) is 12.3 Å². The Kier molecular flexibility index (Phi) is 5.32. The van der Waals surface area contributed by atoms with Gasteiger partial charge in [-0.1, -0.05) is 24.6 Å². The lowest BCUT2D eigenvalue weighted by atomic mass is 10.2. The lowest BCUT2D eigenvalue weighted by Gasteiger charge is -2.05. The van der Waals surface area contributed by atoms with E-state index in [0.717, 1.165) is 36.8 Å². The van der Waals surface area contributed by atoms with Crippen molar-refractivity contribution in [1.29, 1.82) is 0 Å². The molecule has 0 saturated carbocycles. The van der Waals surface area contributed by atoms with Crippen LogP contribution in [-0.4, -0.2) is 27.1 Å². The average Bonchev–Trinajstić information content (AvgIpc) is 2.59. The van der Waals surface area contributed by atoms with E-state index in [2.05, 4.69) is 14.8 Å². The fourth-order valence-corrected chi connectivity index (χ4v) is 3.13. The van der Waals surface area contributed by atoms with Crippen molar-refractivity contribution >= 4 is 11.8 Å². The maximum Gasteiger partial charge on any atom is 0.191 e. The van der Waals surface area contributed by atoms with Crippen LogP contribution in [0.25, 0.3) is 0 Å². The number of thioether (sulfide) groups is 1. The third kappa shape index (κ3) is 3.71. The summed E-state index contributed by atoms with van der Waals surface area (Å²) in [4.78, 5) is 0. The molecule has 1 aromatic heterocycles. The van der Waals surface area contributed by atoms with Crippen molar-refractivity contribution in [2.45, 2.75) is 56.6 Å². The summed E-state index contributed by atoms with van der Waals surface area (Å²) in [5.41, 5.74) is 5.48. The topological polar surface area (TPSA) is 56.7 Å². The van der Waals surface area contributed by atoms with Gasteiger partial charge in [-0.25, -0.2) is 0 Å². The molecule has 0 amide bonds. The van der Waals surface area contributed by atoms with Crippen molar-refractivity contribution < 1.29 is 0 Å². The van der Waals surface area contributed by atoms with Crippen LogP contribution >= 0.6 is 11.8 Å². The number of aryl methyl sites for hydroxylation is 1. The SMILES string of the molecule is NCCCCCSc1nnc2n1CCCCC2. The first-order valence-electron chi connectivity index (χ1n) is 6.67. The fraction of sp³-hybridized carbons (Fsp3) is 0.833. The van der Waals surface area contributed by atoms with Gasteiger partial charge in [0.25, 0.3) is 0 Å². The van der Waals surface area contributed by atoms with E-state index in [1.54, 1.807) is 0 Å². The van der Waals surface area contributed by atoms with Gasteiger partial charge >= 0.3 is 0 Å². The van der Waals surface area contributed by atoms with Crippen LogP contribution in [0.5, 0.6) is 0 Å². The third-order valence-electron chi connectivity index (χ3n) is 3.16. The van der Waals surface area contributed by atoms with E-state index >= 15 is 0 Å². The Labute approximate surface area is 107 Å². The molecule has 0 radical (unpaired) electrons. The second-order valence-corrected chi connectivity index (χ2v) is 5.62. The summed E-state index contributed by atoms with van der Waals surface area (Å²) in [7, 11) is 0. The predicted octanol–water partition coefficient (Wildman–Crippen LogP) is 2.23. The highest BCUT2D eigenvalue weighted by molar-refractivity contribution is 7.99. The Bertz CT molecular complexity index is 337. The smallest absolute Gasteiger partial charge is 0.191 e. The van der Waals surface area contributed by atoms with Crippen molar-refractivity contribution in [3.05, 3.63) is 5.82 Å².